The molecule has 1 N–H and O–H groups in total. The number of anilines is 1. The zero-order chi connectivity index (χ0) is 13.4. The lowest BCUT2D eigenvalue weighted by molar-refractivity contribution is -0.117. The van der Waals surface area contributed by atoms with Crippen molar-refractivity contribution in [3.63, 3.8) is 0 Å². The number of hydrogen-bond donors (Lipinski definition) is 1. The molecule has 0 heterocycles. The van der Waals surface area contributed by atoms with Crippen LogP contribution in [0.15, 0.2) is 18.2 Å². The maximum atomic E-state index is 12.1. The van der Waals surface area contributed by atoms with Crippen molar-refractivity contribution in [1.29, 1.82) is 0 Å². The van der Waals surface area contributed by atoms with Crippen molar-refractivity contribution in [2.75, 3.05) is 5.32 Å². The monoisotopic (exact) mass is 277 g/mol. The summed E-state index contributed by atoms with van der Waals surface area (Å²) >= 11 is 6.14. The Bertz CT molecular complexity index is 500. The summed E-state index contributed by atoms with van der Waals surface area (Å²) < 4.78 is 0. The quantitative estimate of drug-likeness (QED) is 0.871. The Morgan fingerprint density at radius 2 is 2.21 bits per heavy atom. The number of carbonyl (C=O) groups is 1. The van der Waals surface area contributed by atoms with E-state index in [-0.39, 0.29) is 5.91 Å². The highest BCUT2D eigenvalue weighted by Gasteiger charge is 2.40. The van der Waals surface area contributed by atoms with Crippen LogP contribution >= 0.6 is 11.6 Å². The fourth-order valence-electron chi connectivity index (χ4n) is 3.79. The zero-order valence-corrected chi connectivity index (χ0v) is 12.0. The van der Waals surface area contributed by atoms with Gasteiger partial charge in [-0.25, -0.2) is 0 Å². The highest BCUT2D eigenvalue weighted by molar-refractivity contribution is 6.33. The molecule has 3 rings (SSSR count). The molecular formula is C16H20ClNO. The largest absolute Gasteiger partial charge is 0.325 e. The van der Waals surface area contributed by atoms with E-state index < -0.39 is 0 Å². The normalized spacial score (nSPS) is 28.6. The first kappa shape index (κ1) is 13.0. The van der Waals surface area contributed by atoms with Gasteiger partial charge in [0.05, 0.1) is 10.7 Å². The summed E-state index contributed by atoms with van der Waals surface area (Å²) in [5, 5.41) is 3.58. The summed E-state index contributed by atoms with van der Waals surface area (Å²) in [6.07, 6.45) is 5.97. The van der Waals surface area contributed by atoms with Gasteiger partial charge in [-0.3, -0.25) is 4.79 Å². The first-order valence-corrected chi connectivity index (χ1v) is 7.55. The average molecular weight is 278 g/mol. The Kier molecular flexibility index (Phi) is 3.53. The number of amides is 1. The number of aryl methyl sites for hydroxylation is 1. The highest BCUT2D eigenvalue weighted by Crippen LogP contribution is 2.49. The van der Waals surface area contributed by atoms with Crippen LogP contribution in [0.3, 0.4) is 0 Å². The first-order valence-electron chi connectivity index (χ1n) is 7.18. The van der Waals surface area contributed by atoms with Crippen LogP contribution in [0.5, 0.6) is 0 Å². The third-order valence-electron chi connectivity index (χ3n) is 4.73. The predicted octanol–water partition coefficient (Wildman–Crippen LogP) is 4.41. The molecule has 0 aliphatic heterocycles. The first-order chi connectivity index (χ1) is 9.11. The van der Waals surface area contributed by atoms with Gasteiger partial charge >= 0.3 is 0 Å². The summed E-state index contributed by atoms with van der Waals surface area (Å²) in [5.41, 5.74) is 1.84. The molecule has 2 saturated carbocycles. The SMILES string of the molecule is Cc1ccc(NC(=O)C[C@@H]2C[C@H]3CC[C@@H]2C3)c(Cl)c1. The zero-order valence-electron chi connectivity index (χ0n) is 11.3. The third-order valence-corrected chi connectivity index (χ3v) is 5.04. The van der Waals surface area contributed by atoms with E-state index >= 15 is 0 Å². The second-order valence-corrected chi connectivity index (χ2v) is 6.58. The number of fused-ring (bicyclic) bond motifs is 2. The lowest BCUT2D eigenvalue weighted by Gasteiger charge is -2.21. The van der Waals surface area contributed by atoms with Crippen LogP contribution < -0.4 is 5.32 Å². The molecule has 0 unspecified atom stereocenters. The Morgan fingerprint density at radius 1 is 1.37 bits per heavy atom. The van der Waals surface area contributed by atoms with Crippen LogP contribution in [0, 0.1) is 24.7 Å². The molecule has 0 saturated heterocycles. The van der Waals surface area contributed by atoms with E-state index in [9.17, 15) is 4.79 Å². The third kappa shape index (κ3) is 2.79. The Hall–Kier alpha value is -1.02. The maximum absolute atomic E-state index is 12.1. The van der Waals surface area contributed by atoms with Crippen LogP contribution in [-0.2, 0) is 4.79 Å². The van der Waals surface area contributed by atoms with Crippen molar-refractivity contribution in [1.82, 2.24) is 0 Å². The topological polar surface area (TPSA) is 29.1 Å². The van der Waals surface area contributed by atoms with E-state index in [1.165, 1.54) is 25.7 Å². The number of nitrogens with one attached hydrogen (secondary N) is 1. The lowest BCUT2D eigenvalue weighted by atomic mass is 9.86. The van der Waals surface area contributed by atoms with E-state index in [0.717, 1.165) is 23.1 Å². The van der Waals surface area contributed by atoms with Crippen molar-refractivity contribution in [2.24, 2.45) is 17.8 Å². The van der Waals surface area contributed by atoms with Gasteiger partial charge in [0.15, 0.2) is 0 Å². The van der Waals surface area contributed by atoms with Gasteiger partial charge in [-0.05, 0) is 61.6 Å². The fraction of sp³-hybridized carbons (Fsp3) is 0.562. The maximum Gasteiger partial charge on any atom is 0.224 e. The van der Waals surface area contributed by atoms with Crippen LogP contribution in [0.4, 0.5) is 5.69 Å². The average Bonchev–Trinajstić information content (AvgIpc) is 2.95. The molecule has 0 radical (unpaired) electrons. The minimum absolute atomic E-state index is 0.114. The molecule has 19 heavy (non-hydrogen) atoms. The standard InChI is InChI=1S/C16H20ClNO/c1-10-2-5-15(14(17)6-10)18-16(19)9-13-8-11-3-4-12(13)7-11/h2,5-6,11-13H,3-4,7-9H2,1H3,(H,18,19)/t11-,12+,13-/m0/s1. The van der Waals surface area contributed by atoms with Crippen molar-refractivity contribution >= 4 is 23.2 Å². The summed E-state index contributed by atoms with van der Waals surface area (Å²) in [4.78, 5) is 12.1. The Labute approximate surface area is 119 Å². The van der Waals surface area contributed by atoms with Crippen molar-refractivity contribution < 1.29 is 4.79 Å². The molecule has 0 spiro atoms. The Balaban J connectivity index is 1.59. The molecular weight excluding hydrogens is 258 g/mol. The van der Waals surface area contributed by atoms with E-state index in [1.807, 2.05) is 25.1 Å². The molecule has 2 bridgehead atoms. The van der Waals surface area contributed by atoms with Gasteiger partial charge in [0.1, 0.15) is 0 Å². The van der Waals surface area contributed by atoms with Crippen molar-refractivity contribution in [3.05, 3.63) is 28.8 Å². The molecule has 2 aliphatic carbocycles. The fourth-order valence-corrected chi connectivity index (χ4v) is 4.07. The lowest BCUT2D eigenvalue weighted by Crippen LogP contribution is -2.20. The molecule has 3 atom stereocenters. The molecule has 1 aromatic rings. The summed E-state index contributed by atoms with van der Waals surface area (Å²) in [7, 11) is 0. The van der Waals surface area contributed by atoms with Gasteiger partial charge in [-0.2, -0.15) is 0 Å². The minimum Gasteiger partial charge on any atom is -0.325 e. The molecule has 2 nitrogen and oxygen atoms in total. The van der Waals surface area contributed by atoms with Gasteiger partial charge < -0.3 is 5.32 Å². The van der Waals surface area contributed by atoms with E-state index in [4.69, 9.17) is 11.6 Å². The van der Waals surface area contributed by atoms with Crippen molar-refractivity contribution in [2.45, 2.75) is 39.0 Å². The van der Waals surface area contributed by atoms with E-state index in [0.29, 0.717) is 17.4 Å². The summed E-state index contributed by atoms with van der Waals surface area (Å²) in [5.74, 6) is 2.40. The summed E-state index contributed by atoms with van der Waals surface area (Å²) in [6.45, 7) is 1.99. The van der Waals surface area contributed by atoms with Crippen LogP contribution in [0.2, 0.25) is 5.02 Å². The number of benzene rings is 1. The van der Waals surface area contributed by atoms with Gasteiger partial charge in [-0.1, -0.05) is 24.1 Å². The number of hydrogen-bond acceptors (Lipinski definition) is 1. The summed E-state index contributed by atoms with van der Waals surface area (Å²) in [6, 6.07) is 5.74. The molecule has 3 heteroatoms. The molecule has 2 fully saturated rings. The van der Waals surface area contributed by atoms with Crippen LogP contribution in [0.25, 0.3) is 0 Å². The van der Waals surface area contributed by atoms with Gasteiger partial charge in [0, 0.05) is 6.42 Å². The van der Waals surface area contributed by atoms with E-state index in [1.54, 1.807) is 0 Å². The van der Waals surface area contributed by atoms with Crippen molar-refractivity contribution in [3.8, 4) is 0 Å². The molecule has 2 aliphatic rings. The molecule has 0 aromatic heterocycles. The second kappa shape index (κ2) is 5.16. The van der Waals surface area contributed by atoms with Gasteiger partial charge in [0.25, 0.3) is 0 Å². The minimum atomic E-state index is 0.114. The highest BCUT2D eigenvalue weighted by atomic mass is 35.5. The predicted molar refractivity (Wildman–Crippen MR) is 78.4 cm³/mol. The molecule has 1 amide bonds. The number of halogens is 1. The smallest absolute Gasteiger partial charge is 0.224 e. The molecule has 102 valence electrons. The second-order valence-electron chi connectivity index (χ2n) is 6.17. The number of carbonyl (C=O) groups excluding carboxylic acids is 1. The number of rotatable bonds is 3. The Morgan fingerprint density at radius 3 is 2.84 bits per heavy atom. The molecule has 1 aromatic carbocycles. The van der Waals surface area contributed by atoms with Crippen LogP contribution in [-0.4, -0.2) is 5.91 Å². The van der Waals surface area contributed by atoms with E-state index in [2.05, 4.69) is 5.32 Å². The van der Waals surface area contributed by atoms with Gasteiger partial charge in [0.2, 0.25) is 5.91 Å². The van der Waals surface area contributed by atoms with Crippen LogP contribution in [0.1, 0.15) is 37.7 Å². The van der Waals surface area contributed by atoms with Gasteiger partial charge in [-0.15, -0.1) is 0 Å².